The molecular formula is C55H46N2. The lowest BCUT2D eigenvalue weighted by Crippen LogP contribution is -2.11. The topological polar surface area (TPSA) is 6.48 Å². The first-order chi connectivity index (χ1) is 28.0. The fraction of sp³-hybridized carbons (Fsp3) is 0.0545. The molecule has 0 saturated carbocycles. The second-order valence-corrected chi connectivity index (χ2v) is 14.6. The van der Waals surface area contributed by atoms with Crippen LogP contribution < -0.4 is 9.80 Å². The van der Waals surface area contributed by atoms with Crippen LogP contribution in [-0.4, -0.2) is 0 Å². The minimum Gasteiger partial charge on any atom is -0.311 e. The summed E-state index contributed by atoms with van der Waals surface area (Å²) in [5, 5.41) is 0. The molecule has 0 atom stereocenters. The third-order valence-electron chi connectivity index (χ3n) is 10.3. The summed E-state index contributed by atoms with van der Waals surface area (Å²) < 4.78 is 0. The summed E-state index contributed by atoms with van der Waals surface area (Å²) in [6.45, 7) is 6.48. The largest absolute Gasteiger partial charge is 0.311 e. The van der Waals surface area contributed by atoms with Crippen LogP contribution in [0.4, 0.5) is 34.1 Å². The maximum atomic E-state index is 2.36. The van der Waals surface area contributed by atoms with Crippen LogP contribution in [0.3, 0.4) is 0 Å². The molecular weight excluding hydrogens is 689 g/mol. The van der Waals surface area contributed by atoms with Gasteiger partial charge in [0.05, 0.1) is 0 Å². The lowest BCUT2D eigenvalue weighted by Gasteiger charge is -2.28. The SMILES string of the molecule is Cc1ccc(N(c2ccc(/C=C/c3ccccc3)cc2)c2ccc(-c3ccc(N(c4ccc(C)cc4)c4ccc(/C=C/c5ccccc5)cc4)c(C)c3)cc2)cc1. The highest BCUT2D eigenvalue weighted by Gasteiger charge is 2.17. The van der Waals surface area contributed by atoms with E-state index in [2.05, 4.69) is 243 Å². The van der Waals surface area contributed by atoms with Crippen LogP contribution in [0.2, 0.25) is 0 Å². The molecule has 0 N–H and O–H groups in total. The first kappa shape index (κ1) is 36.8. The van der Waals surface area contributed by atoms with E-state index in [0.717, 1.165) is 45.3 Å². The van der Waals surface area contributed by atoms with Gasteiger partial charge in [-0.3, -0.25) is 0 Å². The molecule has 0 aliphatic heterocycles. The van der Waals surface area contributed by atoms with E-state index in [1.807, 2.05) is 12.1 Å². The van der Waals surface area contributed by atoms with Crippen LogP contribution >= 0.6 is 0 Å². The molecule has 2 nitrogen and oxygen atoms in total. The molecule has 0 heterocycles. The molecule has 0 saturated heterocycles. The molecule has 0 unspecified atom stereocenters. The van der Waals surface area contributed by atoms with E-state index in [4.69, 9.17) is 0 Å². The van der Waals surface area contributed by atoms with Gasteiger partial charge in [-0.15, -0.1) is 0 Å². The van der Waals surface area contributed by atoms with Gasteiger partial charge in [-0.1, -0.05) is 163 Å². The highest BCUT2D eigenvalue weighted by atomic mass is 15.1. The molecule has 0 fully saturated rings. The average molecular weight is 735 g/mol. The fourth-order valence-electron chi connectivity index (χ4n) is 7.13. The maximum Gasteiger partial charge on any atom is 0.0491 e. The Morgan fingerprint density at radius 3 is 1.04 bits per heavy atom. The fourth-order valence-corrected chi connectivity index (χ4v) is 7.13. The molecule has 0 bridgehead atoms. The Kier molecular flexibility index (Phi) is 11.0. The number of nitrogens with zero attached hydrogens (tertiary/aromatic N) is 2. The van der Waals surface area contributed by atoms with Crippen LogP contribution in [0.15, 0.2) is 200 Å². The monoisotopic (exact) mass is 734 g/mol. The van der Waals surface area contributed by atoms with Crippen molar-refractivity contribution in [2.24, 2.45) is 0 Å². The lowest BCUT2D eigenvalue weighted by atomic mass is 10.0. The van der Waals surface area contributed by atoms with Crippen molar-refractivity contribution in [2.45, 2.75) is 20.8 Å². The average Bonchev–Trinajstić information content (AvgIpc) is 3.26. The Hall–Kier alpha value is -7.16. The van der Waals surface area contributed by atoms with Crippen molar-refractivity contribution in [1.82, 2.24) is 0 Å². The van der Waals surface area contributed by atoms with Gasteiger partial charge in [-0.25, -0.2) is 0 Å². The minimum atomic E-state index is 1.11. The Labute approximate surface area is 338 Å². The molecule has 2 heteroatoms. The van der Waals surface area contributed by atoms with Crippen LogP contribution in [0.5, 0.6) is 0 Å². The quantitative estimate of drug-likeness (QED) is 0.122. The summed E-state index contributed by atoms with van der Waals surface area (Å²) >= 11 is 0. The predicted molar refractivity (Wildman–Crippen MR) is 246 cm³/mol. The first-order valence-electron chi connectivity index (χ1n) is 19.6. The van der Waals surface area contributed by atoms with Crippen molar-refractivity contribution in [3.63, 3.8) is 0 Å². The first-order valence-corrected chi connectivity index (χ1v) is 19.6. The third-order valence-corrected chi connectivity index (χ3v) is 10.3. The molecule has 0 amide bonds. The highest BCUT2D eigenvalue weighted by molar-refractivity contribution is 5.83. The Balaban J connectivity index is 1.07. The van der Waals surface area contributed by atoms with Crippen molar-refractivity contribution < 1.29 is 0 Å². The molecule has 0 aliphatic rings. The van der Waals surface area contributed by atoms with Gasteiger partial charge in [0.15, 0.2) is 0 Å². The summed E-state index contributed by atoms with van der Waals surface area (Å²) in [6, 6.07) is 71.7. The van der Waals surface area contributed by atoms with Gasteiger partial charge in [0, 0.05) is 34.1 Å². The molecule has 0 aliphatic carbocycles. The van der Waals surface area contributed by atoms with Gasteiger partial charge < -0.3 is 9.80 Å². The van der Waals surface area contributed by atoms with Crippen LogP contribution in [0.1, 0.15) is 38.9 Å². The summed E-state index contributed by atoms with van der Waals surface area (Å²) in [7, 11) is 0. The van der Waals surface area contributed by atoms with Crippen LogP contribution in [0.25, 0.3) is 35.4 Å². The van der Waals surface area contributed by atoms with Crippen LogP contribution in [0, 0.1) is 20.8 Å². The molecule has 8 rings (SSSR count). The van der Waals surface area contributed by atoms with E-state index in [9.17, 15) is 0 Å². The van der Waals surface area contributed by atoms with E-state index >= 15 is 0 Å². The summed E-state index contributed by atoms with van der Waals surface area (Å²) in [5.41, 5.74) is 17.5. The maximum absolute atomic E-state index is 2.36. The van der Waals surface area contributed by atoms with Crippen molar-refractivity contribution in [2.75, 3.05) is 9.80 Å². The molecule has 0 spiro atoms. The van der Waals surface area contributed by atoms with E-state index in [1.165, 1.54) is 38.9 Å². The van der Waals surface area contributed by atoms with E-state index < -0.39 is 0 Å². The highest BCUT2D eigenvalue weighted by Crippen LogP contribution is 2.40. The molecule has 8 aromatic rings. The number of hydrogen-bond acceptors (Lipinski definition) is 2. The van der Waals surface area contributed by atoms with Gasteiger partial charge in [0.1, 0.15) is 0 Å². The van der Waals surface area contributed by atoms with Crippen molar-refractivity contribution in [3.8, 4) is 11.1 Å². The second-order valence-electron chi connectivity index (χ2n) is 14.6. The molecule has 0 radical (unpaired) electrons. The number of hydrogen-bond donors (Lipinski definition) is 0. The molecule has 0 aromatic heterocycles. The Bertz CT molecular complexity index is 2590. The van der Waals surface area contributed by atoms with Crippen LogP contribution in [-0.2, 0) is 0 Å². The predicted octanol–water partition coefficient (Wildman–Crippen LogP) is 15.6. The Morgan fingerprint density at radius 2 is 0.632 bits per heavy atom. The van der Waals surface area contributed by atoms with Gasteiger partial charge in [0.2, 0.25) is 0 Å². The second kappa shape index (κ2) is 17.1. The van der Waals surface area contributed by atoms with Gasteiger partial charge >= 0.3 is 0 Å². The lowest BCUT2D eigenvalue weighted by molar-refractivity contribution is 1.24. The Morgan fingerprint density at radius 1 is 0.298 bits per heavy atom. The molecule has 8 aromatic carbocycles. The number of anilines is 6. The third kappa shape index (κ3) is 8.88. The van der Waals surface area contributed by atoms with Gasteiger partial charge in [-0.05, 0) is 133 Å². The van der Waals surface area contributed by atoms with Gasteiger partial charge in [0.25, 0.3) is 0 Å². The minimum absolute atomic E-state index is 1.11. The van der Waals surface area contributed by atoms with Crippen molar-refractivity contribution >= 4 is 58.4 Å². The zero-order chi connectivity index (χ0) is 39.0. The van der Waals surface area contributed by atoms with Crippen molar-refractivity contribution in [1.29, 1.82) is 0 Å². The molecule has 57 heavy (non-hydrogen) atoms. The summed E-state index contributed by atoms with van der Waals surface area (Å²) in [4.78, 5) is 4.68. The van der Waals surface area contributed by atoms with Gasteiger partial charge in [-0.2, -0.15) is 0 Å². The number of benzene rings is 8. The van der Waals surface area contributed by atoms with E-state index in [-0.39, 0.29) is 0 Å². The zero-order valence-corrected chi connectivity index (χ0v) is 32.8. The standard InChI is InChI=1S/C55H46N2/c1-41-14-29-50(30-15-41)56(51-33-22-46(23-34-51)20-18-44-10-6-4-7-11-44)52-37-26-48(27-38-52)49-28-39-55(43(3)40-49)57(53-31-16-42(2)17-32-53)54-35-24-47(25-36-54)21-19-45-12-8-5-9-13-45/h4-40H,1-3H3/b20-18+,21-19+. The summed E-state index contributed by atoms with van der Waals surface area (Å²) in [6.07, 6.45) is 8.65. The normalized spacial score (nSPS) is 11.3. The van der Waals surface area contributed by atoms with E-state index in [1.54, 1.807) is 0 Å². The molecule has 276 valence electrons. The summed E-state index contributed by atoms with van der Waals surface area (Å²) in [5.74, 6) is 0. The van der Waals surface area contributed by atoms with Crippen molar-refractivity contribution in [3.05, 3.63) is 239 Å². The number of rotatable bonds is 11. The zero-order valence-electron chi connectivity index (χ0n) is 32.8. The smallest absolute Gasteiger partial charge is 0.0491 e. The van der Waals surface area contributed by atoms with E-state index in [0.29, 0.717) is 0 Å². The number of aryl methyl sites for hydroxylation is 3.